The van der Waals surface area contributed by atoms with E-state index in [0.29, 0.717) is 63.2 Å². The van der Waals surface area contributed by atoms with Crippen LogP contribution < -0.4 is 5.32 Å². The van der Waals surface area contributed by atoms with Crippen LogP contribution in [0.1, 0.15) is 45.4 Å². The number of ether oxygens (including phenoxy) is 1. The maximum atomic E-state index is 13.4. The number of nitrogens with one attached hydrogen (secondary N) is 1. The zero-order valence-corrected chi connectivity index (χ0v) is 18.1. The van der Waals surface area contributed by atoms with Gasteiger partial charge in [0.15, 0.2) is 14.6 Å². The summed E-state index contributed by atoms with van der Waals surface area (Å²) in [5.41, 5.74) is 0. The van der Waals surface area contributed by atoms with E-state index >= 15 is 0 Å². The van der Waals surface area contributed by atoms with Gasteiger partial charge in [-0.05, 0) is 56.9 Å². The summed E-state index contributed by atoms with van der Waals surface area (Å²) in [4.78, 5) is 26.8. The van der Waals surface area contributed by atoms with Crippen LogP contribution in [0.5, 0.6) is 0 Å². The van der Waals surface area contributed by atoms with Gasteiger partial charge in [0.1, 0.15) is 0 Å². The number of piperidine rings is 1. The van der Waals surface area contributed by atoms with Gasteiger partial charge in [0.25, 0.3) is 0 Å². The third-order valence-corrected chi connectivity index (χ3v) is 8.59. The van der Waals surface area contributed by atoms with Gasteiger partial charge in [-0.15, -0.1) is 0 Å². The van der Waals surface area contributed by atoms with Crippen LogP contribution in [0, 0.1) is 0 Å². The van der Waals surface area contributed by atoms with Gasteiger partial charge in [0.05, 0.1) is 11.5 Å². The summed E-state index contributed by atoms with van der Waals surface area (Å²) in [6.07, 6.45) is 2.80. The van der Waals surface area contributed by atoms with Gasteiger partial charge < -0.3 is 15.0 Å². The molecule has 1 saturated carbocycles. The van der Waals surface area contributed by atoms with E-state index in [2.05, 4.69) is 5.32 Å². The molecule has 1 aliphatic carbocycles. The van der Waals surface area contributed by atoms with Crippen LogP contribution in [-0.2, 0) is 19.4 Å². The van der Waals surface area contributed by atoms with Gasteiger partial charge in [-0.25, -0.2) is 13.2 Å². The molecule has 0 bridgehead atoms. The molecule has 3 rings (SSSR count). The number of carbonyl (C=O) groups excluding carboxylic acids is 2. The number of nitrogens with zero attached hydrogens (tertiary/aromatic N) is 1. The van der Waals surface area contributed by atoms with E-state index in [0.717, 1.165) is 0 Å². The standard InChI is InChI=1S/C20H27ClN2O5S/c1-2-28-19(25)23-13-9-16(10-14-23)22-18(24)20(11-3-4-12-20)29(26,27)17-7-5-15(21)6-8-17/h5-8,16H,2-4,9-14H2,1H3,(H,22,24). The van der Waals surface area contributed by atoms with Gasteiger partial charge >= 0.3 is 6.09 Å². The predicted octanol–water partition coefficient (Wildman–Crippen LogP) is 3.16. The number of carbonyl (C=O) groups is 2. The van der Waals surface area contributed by atoms with Crippen molar-refractivity contribution in [1.82, 2.24) is 10.2 Å². The number of likely N-dealkylation sites (tertiary alicyclic amines) is 1. The average Bonchev–Trinajstić information content (AvgIpc) is 3.21. The predicted molar refractivity (Wildman–Crippen MR) is 110 cm³/mol. The van der Waals surface area contributed by atoms with Crippen molar-refractivity contribution < 1.29 is 22.7 Å². The molecule has 1 aromatic carbocycles. The lowest BCUT2D eigenvalue weighted by atomic mass is 10.0. The molecule has 29 heavy (non-hydrogen) atoms. The quantitative estimate of drug-likeness (QED) is 0.756. The number of hydrogen-bond acceptors (Lipinski definition) is 5. The van der Waals surface area contributed by atoms with Gasteiger partial charge in [-0.1, -0.05) is 24.4 Å². The van der Waals surface area contributed by atoms with E-state index in [1.165, 1.54) is 24.3 Å². The summed E-state index contributed by atoms with van der Waals surface area (Å²) in [6.45, 7) is 3.02. The zero-order chi connectivity index (χ0) is 21.1. The molecule has 1 N–H and O–H groups in total. The molecular weight excluding hydrogens is 416 g/mol. The molecule has 0 atom stereocenters. The van der Waals surface area contributed by atoms with E-state index in [-0.39, 0.29) is 17.0 Å². The van der Waals surface area contributed by atoms with Crippen LogP contribution in [0.4, 0.5) is 4.79 Å². The lowest BCUT2D eigenvalue weighted by Crippen LogP contribution is -2.55. The highest BCUT2D eigenvalue weighted by atomic mass is 35.5. The summed E-state index contributed by atoms with van der Waals surface area (Å²) in [6, 6.07) is 5.82. The van der Waals surface area contributed by atoms with Gasteiger partial charge in [-0.2, -0.15) is 0 Å². The van der Waals surface area contributed by atoms with E-state index in [1.54, 1.807) is 11.8 Å². The molecule has 0 spiro atoms. The van der Waals surface area contributed by atoms with Crippen molar-refractivity contribution in [3.63, 3.8) is 0 Å². The van der Waals surface area contributed by atoms with Crippen molar-refractivity contribution in [2.24, 2.45) is 0 Å². The van der Waals surface area contributed by atoms with Gasteiger partial charge in [0, 0.05) is 24.2 Å². The van der Waals surface area contributed by atoms with E-state index in [4.69, 9.17) is 16.3 Å². The molecule has 2 amide bonds. The van der Waals surface area contributed by atoms with Crippen molar-refractivity contribution in [1.29, 1.82) is 0 Å². The summed E-state index contributed by atoms with van der Waals surface area (Å²) < 4.78 is 30.3. The summed E-state index contributed by atoms with van der Waals surface area (Å²) in [5.74, 6) is -0.431. The molecule has 1 aliphatic heterocycles. The Morgan fingerprint density at radius 1 is 1.17 bits per heavy atom. The smallest absolute Gasteiger partial charge is 0.409 e. The van der Waals surface area contributed by atoms with Crippen LogP contribution in [-0.4, -0.2) is 55.8 Å². The molecule has 2 aliphatic rings. The second-order valence-electron chi connectivity index (χ2n) is 7.59. The first kappa shape index (κ1) is 21.9. The fourth-order valence-electron chi connectivity index (χ4n) is 4.14. The molecule has 1 aromatic rings. The van der Waals surface area contributed by atoms with E-state index in [1.807, 2.05) is 0 Å². The first-order chi connectivity index (χ1) is 13.8. The number of benzene rings is 1. The van der Waals surface area contributed by atoms with Crippen LogP contribution in [0.3, 0.4) is 0 Å². The molecule has 160 valence electrons. The van der Waals surface area contributed by atoms with Crippen molar-refractivity contribution in [3.8, 4) is 0 Å². The fraction of sp³-hybridized carbons (Fsp3) is 0.600. The van der Waals surface area contributed by atoms with Crippen molar-refractivity contribution in [2.45, 2.75) is 61.1 Å². The Morgan fingerprint density at radius 2 is 1.76 bits per heavy atom. The molecule has 2 fully saturated rings. The Kier molecular flexibility index (Phi) is 6.73. The highest BCUT2D eigenvalue weighted by molar-refractivity contribution is 7.93. The fourth-order valence-corrected chi connectivity index (χ4v) is 6.34. The minimum Gasteiger partial charge on any atom is -0.450 e. The van der Waals surface area contributed by atoms with Crippen molar-refractivity contribution in [2.75, 3.05) is 19.7 Å². The van der Waals surface area contributed by atoms with Gasteiger partial charge in [0.2, 0.25) is 5.91 Å². The molecule has 0 radical (unpaired) electrons. The third-order valence-electron chi connectivity index (χ3n) is 5.82. The second kappa shape index (κ2) is 8.92. The Balaban J connectivity index is 1.72. The minimum absolute atomic E-state index is 0.121. The first-order valence-electron chi connectivity index (χ1n) is 10.0. The van der Waals surface area contributed by atoms with E-state index < -0.39 is 20.5 Å². The number of halogens is 1. The monoisotopic (exact) mass is 442 g/mol. The average molecular weight is 443 g/mol. The highest BCUT2D eigenvalue weighted by Gasteiger charge is 2.53. The molecular formula is C20H27ClN2O5S. The number of sulfone groups is 1. The Labute approximate surface area is 176 Å². The summed E-state index contributed by atoms with van der Waals surface area (Å²) in [5, 5.41) is 3.40. The van der Waals surface area contributed by atoms with Crippen LogP contribution in [0.2, 0.25) is 5.02 Å². The number of amides is 2. The molecule has 7 nitrogen and oxygen atoms in total. The summed E-state index contributed by atoms with van der Waals surface area (Å²) in [7, 11) is -3.85. The number of hydrogen-bond donors (Lipinski definition) is 1. The Hall–Kier alpha value is -1.80. The Bertz CT molecular complexity index is 842. The second-order valence-corrected chi connectivity index (χ2v) is 10.3. The normalized spacial score (nSPS) is 19.7. The molecule has 0 aromatic heterocycles. The highest BCUT2D eigenvalue weighted by Crippen LogP contribution is 2.41. The first-order valence-corrected chi connectivity index (χ1v) is 11.9. The minimum atomic E-state index is -3.85. The van der Waals surface area contributed by atoms with E-state index in [9.17, 15) is 18.0 Å². The molecule has 9 heteroatoms. The molecule has 1 heterocycles. The van der Waals surface area contributed by atoms with Gasteiger partial charge in [-0.3, -0.25) is 4.79 Å². The zero-order valence-electron chi connectivity index (χ0n) is 16.5. The molecule has 0 unspecified atom stereocenters. The van der Waals surface area contributed by atoms with Crippen LogP contribution in [0.25, 0.3) is 0 Å². The van der Waals surface area contributed by atoms with Crippen LogP contribution >= 0.6 is 11.6 Å². The van der Waals surface area contributed by atoms with Crippen molar-refractivity contribution >= 4 is 33.4 Å². The number of rotatable bonds is 5. The molecule has 1 saturated heterocycles. The summed E-state index contributed by atoms with van der Waals surface area (Å²) >= 11 is 5.89. The third kappa shape index (κ3) is 4.38. The largest absolute Gasteiger partial charge is 0.450 e. The maximum Gasteiger partial charge on any atom is 0.409 e. The lowest BCUT2D eigenvalue weighted by molar-refractivity contribution is -0.124. The topological polar surface area (TPSA) is 92.8 Å². The van der Waals surface area contributed by atoms with Crippen LogP contribution in [0.15, 0.2) is 29.2 Å². The SMILES string of the molecule is CCOC(=O)N1CCC(NC(=O)C2(S(=O)(=O)c3ccc(Cl)cc3)CCCC2)CC1. The Morgan fingerprint density at radius 3 is 2.31 bits per heavy atom. The van der Waals surface area contributed by atoms with Crippen molar-refractivity contribution in [3.05, 3.63) is 29.3 Å². The maximum absolute atomic E-state index is 13.4. The lowest BCUT2D eigenvalue weighted by Gasteiger charge is -2.34.